The monoisotopic (exact) mass is 294 g/mol. The summed E-state index contributed by atoms with van der Waals surface area (Å²) < 4.78 is 0. The first-order valence-electron chi connectivity index (χ1n) is 5.03. The quantitative estimate of drug-likeness (QED) is 0.834. The predicted octanol–water partition coefficient (Wildman–Crippen LogP) is 4.41. The Hall–Kier alpha value is -1.47. The lowest BCUT2D eigenvalue weighted by Crippen LogP contribution is -2.00. The van der Waals surface area contributed by atoms with Crippen LogP contribution in [0.15, 0.2) is 35.7 Å². The van der Waals surface area contributed by atoms with E-state index >= 15 is 0 Å². The summed E-state index contributed by atoms with van der Waals surface area (Å²) in [5.74, 6) is 0. The fourth-order valence-corrected chi connectivity index (χ4v) is 2.65. The normalized spacial score (nSPS) is 11.8. The predicted molar refractivity (Wildman–Crippen MR) is 77.4 cm³/mol. The second kappa shape index (κ2) is 5.45. The van der Waals surface area contributed by atoms with Gasteiger partial charge in [-0.1, -0.05) is 41.4 Å². The van der Waals surface area contributed by atoms with Crippen molar-refractivity contribution in [1.29, 1.82) is 5.26 Å². The van der Waals surface area contributed by atoms with Crippen molar-refractivity contribution in [3.63, 3.8) is 0 Å². The van der Waals surface area contributed by atoms with Gasteiger partial charge in [0.1, 0.15) is 6.07 Å². The maximum atomic E-state index is 9.23. The Morgan fingerprint density at radius 2 is 2.00 bits per heavy atom. The Morgan fingerprint density at radius 1 is 1.22 bits per heavy atom. The maximum Gasteiger partial charge on any atom is 0.103 e. The minimum Gasteiger partial charge on any atom is -0.397 e. The van der Waals surface area contributed by atoms with Gasteiger partial charge in [-0.05, 0) is 17.5 Å². The molecule has 2 aromatic rings. The van der Waals surface area contributed by atoms with Crippen LogP contribution in [0.25, 0.3) is 11.3 Å². The molecule has 1 aromatic heterocycles. The lowest BCUT2D eigenvalue weighted by Gasteiger charge is -2.07. The first-order chi connectivity index (χ1) is 8.65. The third-order valence-electron chi connectivity index (χ3n) is 2.39. The lowest BCUT2D eigenvalue weighted by atomic mass is 10.1. The van der Waals surface area contributed by atoms with Crippen molar-refractivity contribution in [3.05, 3.63) is 56.2 Å². The molecule has 90 valence electrons. The van der Waals surface area contributed by atoms with E-state index in [-0.39, 0.29) is 0 Å². The van der Waals surface area contributed by atoms with E-state index in [1.165, 1.54) is 11.3 Å². The van der Waals surface area contributed by atoms with Gasteiger partial charge in [-0.25, -0.2) is 0 Å². The zero-order chi connectivity index (χ0) is 13.1. The number of nitriles is 1. The van der Waals surface area contributed by atoms with Crippen LogP contribution in [0.4, 0.5) is 0 Å². The molecule has 0 fully saturated rings. The highest BCUT2D eigenvalue weighted by Crippen LogP contribution is 2.32. The van der Waals surface area contributed by atoms with Crippen LogP contribution < -0.4 is 5.73 Å². The molecule has 0 aliphatic rings. The van der Waals surface area contributed by atoms with Crippen LogP contribution in [-0.2, 0) is 0 Å². The van der Waals surface area contributed by atoms with E-state index in [0.29, 0.717) is 26.9 Å². The fraction of sp³-hybridized carbons (Fsp3) is 0. The molecular weight excluding hydrogens is 287 g/mol. The SMILES string of the molecule is N#C/C(=C(/N)c1cccc(Cl)c1Cl)c1cccs1. The number of benzene rings is 1. The molecule has 2 nitrogen and oxygen atoms in total. The topological polar surface area (TPSA) is 49.8 Å². The molecule has 2 rings (SSSR count). The second-order valence-electron chi connectivity index (χ2n) is 3.48. The lowest BCUT2D eigenvalue weighted by molar-refractivity contribution is 1.49. The van der Waals surface area contributed by atoms with Gasteiger partial charge in [0.15, 0.2) is 0 Å². The van der Waals surface area contributed by atoms with Crippen LogP contribution in [0.3, 0.4) is 0 Å². The van der Waals surface area contributed by atoms with Gasteiger partial charge in [0.2, 0.25) is 0 Å². The number of rotatable bonds is 2. The Balaban J connectivity index is 2.62. The van der Waals surface area contributed by atoms with E-state index in [1.54, 1.807) is 18.2 Å². The van der Waals surface area contributed by atoms with E-state index in [4.69, 9.17) is 28.9 Å². The summed E-state index contributed by atoms with van der Waals surface area (Å²) in [6.45, 7) is 0. The molecule has 5 heteroatoms. The van der Waals surface area contributed by atoms with Crippen LogP contribution >= 0.6 is 34.5 Å². The molecule has 0 bridgehead atoms. The Morgan fingerprint density at radius 3 is 2.61 bits per heavy atom. The average molecular weight is 295 g/mol. The minimum atomic E-state index is 0.340. The summed E-state index contributed by atoms with van der Waals surface area (Å²) in [6, 6.07) is 11.0. The van der Waals surface area contributed by atoms with Gasteiger partial charge in [0, 0.05) is 10.4 Å². The molecule has 0 aliphatic heterocycles. The van der Waals surface area contributed by atoms with Gasteiger partial charge >= 0.3 is 0 Å². The Kier molecular flexibility index (Phi) is 3.93. The molecule has 1 aromatic carbocycles. The van der Waals surface area contributed by atoms with Crippen molar-refractivity contribution in [2.45, 2.75) is 0 Å². The Labute approximate surface area is 119 Å². The summed E-state index contributed by atoms with van der Waals surface area (Å²) >= 11 is 13.5. The summed E-state index contributed by atoms with van der Waals surface area (Å²) in [5.41, 5.74) is 7.36. The summed E-state index contributed by atoms with van der Waals surface area (Å²) in [7, 11) is 0. The van der Waals surface area contributed by atoms with Gasteiger partial charge < -0.3 is 5.73 Å². The van der Waals surface area contributed by atoms with Gasteiger partial charge in [-0.3, -0.25) is 0 Å². The fourth-order valence-electron chi connectivity index (χ4n) is 1.52. The molecule has 0 saturated heterocycles. The van der Waals surface area contributed by atoms with Crippen molar-refractivity contribution >= 4 is 45.8 Å². The summed E-state index contributed by atoms with van der Waals surface area (Å²) in [4.78, 5) is 0.811. The first kappa shape index (κ1) is 13.0. The Bertz CT molecular complexity index is 640. The zero-order valence-corrected chi connectivity index (χ0v) is 11.5. The standard InChI is InChI=1S/C13H8Cl2N2S/c14-10-4-1-3-8(12(10)15)13(17)9(7-16)11-5-2-6-18-11/h1-6H,17H2/b13-9-. The molecule has 0 atom stereocenters. The maximum absolute atomic E-state index is 9.23. The van der Waals surface area contributed by atoms with E-state index in [0.717, 1.165) is 4.88 Å². The van der Waals surface area contributed by atoms with Gasteiger partial charge in [-0.15, -0.1) is 11.3 Å². The van der Waals surface area contributed by atoms with E-state index < -0.39 is 0 Å². The smallest absolute Gasteiger partial charge is 0.103 e. The summed E-state index contributed by atoms with van der Waals surface area (Å²) in [5, 5.41) is 11.9. The highest BCUT2D eigenvalue weighted by molar-refractivity contribution is 7.11. The van der Waals surface area contributed by atoms with Gasteiger partial charge in [0.25, 0.3) is 0 Å². The van der Waals surface area contributed by atoms with Crippen LogP contribution in [0.5, 0.6) is 0 Å². The number of nitrogens with two attached hydrogens (primary N) is 1. The van der Waals surface area contributed by atoms with Gasteiger partial charge in [-0.2, -0.15) is 5.26 Å². The van der Waals surface area contributed by atoms with E-state index in [2.05, 4.69) is 6.07 Å². The average Bonchev–Trinajstić information content (AvgIpc) is 2.87. The highest BCUT2D eigenvalue weighted by Gasteiger charge is 2.13. The van der Waals surface area contributed by atoms with Crippen molar-refractivity contribution in [2.24, 2.45) is 5.73 Å². The zero-order valence-electron chi connectivity index (χ0n) is 9.15. The molecule has 0 aliphatic carbocycles. The molecule has 18 heavy (non-hydrogen) atoms. The third kappa shape index (κ3) is 2.37. The van der Waals surface area contributed by atoms with E-state index in [1.807, 2.05) is 17.5 Å². The number of halogens is 2. The molecule has 0 radical (unpaired) electrons. The molecule has 0 amide bonds. The second-order valence-corrected chi connectivity index (χ2v) is 5.21. The van der Waals surface area contributed by atoms with E-state index in [9.17, 15) is 5.26 Å². The number of hydrogen-bond donors (Lipinski definition) is 1. The van der Waals surface area contributed by atoms with Crippen LogP contribution in [0.1, 0.15) is 10.4 Å². The largest absolute Gasteiger partial charge is 0.397 e. The number of nitrogens with zero attached hydrogens (tertiary/aromatic N) is 1. The van der Waals surface area contributed by atoms with Crippen LogP contribution in [0.2, 0.25) is 10.0 Å². The molecule has 0 spiro atoms. The highest BCUT2D eigenvalue weighted by atomic mass is 35.5. The molecule has 0 saturated carbocycles. The summed E-state index contributed by atoms with van der Waals surface area (Å²) in [6.07, 6.45) is 0. The first-order valence-corrected chi connectivity index (χ1v) is 6.67. The van der Waals surface area contributed by atoms with Crippen LogP contribution in [-0.4, -0.2) is 0 Å². The number of thiophene rings is 1. The number of hydrogen-bond acceptors (Lipinski definition) is 3. The third-order valence-corrected chi connectivity index (χ3v) is 4.10. The molecule has 2 N–H and O–H groups in total. The minimum absolute atomic E-state index is 0.340. The number of allylic oxidation sites excluding steroid dienone is 1. The van der Waals surface area contributed by atoms with Crippen molar-refractivity contribution < 1.29 is 0 Å². The van der Waals surface area contributed by atoms with Crippen LogP contribution in [0, 0.1) is 11.3 Å². The molecule has 1 heterocycles. The molecular formula is C13H8Cl2N2S. The van der Waals surface area contributed by atoms with Crippen molar-refractivity contribution in [1.82, 2.24) is 0 Å². The van der Waals surface area contributed by atoms with Gasteiger partial charge in [0.05, 0.1) is 21.3 Å². The van der Waals surface area contributed by atoms with Crippen molar-refractivity contribution in [3.8, 4) is 6.07 Å². The molecule has 0 unspecified atom stereocenters. The van der Waals surface area contributed by atoms with Crippen molar-refractivity contribution in [2.75, 3.05) is 0 Å².